The van der Waals surface area contributed by atoms with Gasteiger partial charge in [-0.25, -0.2) is 8.42 Å². The Hall–Kier alpha value is -2.85. The van der Waals surface area contributed by atoms with Gasteiger partial charge in [0.2, 0.25) is 15.9 Å². The van der Waals surface area contributed by atoms with Crippen LogP contribution in [0.5, 0.6) is 23.0 Å². The van der Waals surface area contributed by atoms with Crippen molar-refractivity contribution in [2.24, 2.45) is 0 Å². The molecule has 32 heavy (non-hydrogen) atoms. The van der Waals surface area contributed by atoms with E-state index in [0.29, 0.717) is 17.1 Å². The summed E-state index contributed by atoms with van der Waals surface area (Å²) in [6, 6.07) is 7.55. The van der Waals surface area contributed by atoms with Crippen LogP contribution in [0.25, 0.3) is 0 Å². The Morgan fingerprint density at radius 1 is 1.00 bits per heavy atom. The molecule has 0 spiro atoms. The molecule has 1 N–H and O–H groups in total. The van der Waals surface area contributed by atoms with Crippen molar-refractivity contribution in [2.45, 2.75) is 13.0 Å². The molecule has 0 unspecified atom stereocenters. The quantitative estimate of drug-likeness (QED) is 0.550. The summed E-state index contributed by atoms with van der Waals surface area (Å²) in [6.45, 7) is 1.27. The van der Waals surface area contributed by atoms with Gasteiger partial charge in [-0.15, -0.1) is 0 Å². The van der Waals surface area contributed by atoms with E-state index >= 15 is 0 Å². The van der Waals surface area contributed by atoms with Crippen LogP contribution >= 0.6 is 11.6 Å². The monoisotopic (exact) mass is 486 g/mol. The van der Waals surface area contributed by atoms with Crippen LogP contribution in [0.2, 0.25) is 5.02 Å². The second-order valence-corrected chi connectivity index (χ2v) is 9.14. The number of benzene rings is 2. The van der Waals surface area contributed by atoms with Gasteiger partial charge in [0, 0.05) is 17.7 Å². The van der Waals surface area contributed by atoms with Crippen molar-refractivity contribution in [3.8, 4) is 23.0 Å². The van der Waals surface area contributed by atoms with E-state index in [2.05, 4.69) is 5.32 Å². The first-order chi connectivity index (χ1) is 15.0. The van der Waals surface area contributed by atoms with Crippen LogP contribution in [0, 0.1) is 0 Å². The van der Waals surface area contributed by atoms with Crippen molar-refractivity contribution >= 4 is 33.2 Å². The van der Waals surface area contributed by atoms with Crippen LogP contribution in [-0.2, 0) is 14.8 Å². The van der Waals surface area contributed by atoms with Crippen LogP contribution in [0.15, 0.2) is 30.3 Å². The molecule has 11 heteroatoms. The highest BCUT2D eigenvalue weighted by Gasteiger charge is 2.27. The van der Waals surface area contributed by atoms with Gasteiger partial charge in [0.05, 0.1) is 51.4 Å². The average Bonchev–Trinajstić information content (AvgIpc) is 2.76. The maximum Gasteiger partial charge on any atom is 0.241 e. The molecule has 0 bridgehead atoms. The van der Waals surface area contributed by atoms with E-state index in [1.807, 2.05) is 0 Å². The molecule has 2 aromatic rings. The molecule has 1 atom stereocenters. The van der Waals surface area contributed by atoms with E-state index in [1.165, 1.54) is 40.6 Å². The lowest BCUT2D eigenvalue weighted by Gasteiger charge is -2.26. The van der Waals surface area contributed by atoms with E-state index in [-0.39, 0.29) is 22.2 Å². The Labute approximate surface area is 193 Å². The summed E-state index contributed by atoms with van der Waals surface area (Å²) < 4.78 is 47.1. The summed E-state index contributed by atoms with van der Waals surface area (Å²) in [4.78, 5) is 12.8. The Balaban J connectivity index is 2.35. The van der Waals surface area contributed by atoms with Gasteiger partial charge in [-0.3, -0.25) is 9.10 Å². The first-order valence-corrected chi connectivity index (χ1v) is 11.7. The Morgan fingerprint density at radius 2 is 1.62 bits per heavy atom. The lowest BCUT2D eigenvalue weighted by Crippen LogP contribution is -2.41. The number of nitrogens with zero attached hydrogens (tertiary/aromatic N) is 1. The first-order valence-electron chi connectivity index (χ1n) is 9.46. The lowest BCUT2D eigenvalue weighted by atomic mass is 10.1. The summed E-state index contributed by atoms with van der Waals surface area (Å²) in [7, 11) is 1.97. The van der Waals surface area contributed by atoms with E-state index in [9.17, 15) is 13.2 Å². The summed E-state index contributed by atoms with van der Waals surface area (Å²) in [5.41, 5.74) is 0.801. The molecule has 176 valence electrons. The third-order valence-corrected chi connectivity index (χ3v) is 6.11. The maximum atomic E-state index is 12.8. The lowest BCUT2D eigenvalue weighted by molar-refractivity contribution is -0.120. The normalized spacial score (nSPS) is 12.0. The van der Waals surface area contributed by atoms with Crippen LogP contribution in [0.1, 0.15) is 18.5 Å². The minimum atomic E-state index is -3.86. The molecule has 1 amide bonds. The largest absolute Gasteiger partial charge is 0.497 e. The van der Waals surface area contributed by atoms with Crippen molar-refractivity contribution in [2.75, 3.05) is 45.5 Å². The molecule has 2 rings (SSSR count). The minimum absolute atomic E-state index is 0.123. The van der Waals surface area contributed by atoms with Gasteiger partial charge >= 0.3 is 0 Å². The van der Waals surface area contributed by atoms with E-state index < -0.39 is 28.5 Å². The second-order valence-electron chi connectivity index (χ2n) is 6.83. The number of anilines is 1. The molecular formula is C21H27ClN2O7S. The summed E-state index contributed by atoms with van der Waals surface area (Å²) in [5, 5.41) is 3.03. The predicted octanol–water partition coefficient (Wildman–Crippen LogP) is 3.02. The topological polar surface area (TPSA) is 103 Å². The van der Waals surface area contributed by atoms with Crippen molar-refractivity contribution in [3.05, 3.63) is 40.9 Å². The van der Waals surface area contributed by atoms with Crippen molar-refractivity contribution in [1.29, 1.82) is 0 Å². The number of hydrogen-bond donors (Lipinski definition) is 1. The van der Waals surface area contributed by atoms with E-state index in [4.69, 9.17) is 30.5 Å². The molecule has 0 saturated carbocycles. The fourth-order valence-corrected chi connectivity index (χ4v) is 4.18. The SMILES string of the molecule is COc1ccc(OC)c([C@H](C)NC(=O)CN(c2cc(OC)c(Cl)cc2OC)S(C)(=O)=O)c1. The number of halogens is 1. The average molecular weight is 487 g/mol. The van der Waals surface area contributed by atoms with Crippen LogP contribution in [0.4, 0.5) is 5.69 Å². The number of ether oxygens (including phenoxy) is 4. The third-order valence-electron chi connectivity index (χ3n) is 4.69. The van der Waals surface area contributed by atoms with Gasteiger partial charge < -0.3 is 24.3 Å². The zero-order valence-corrected chi connectivity index (χ0v) is 20.3. The molecule has 2 aromatic carbocycles. The van der Waals surface area contributed by atoms with E-state index in [0.717, 1.165) is 10.6 Å². The molecule has 0 aliphatic rings. The number of carbonyl (C=O) groups excluding carboxylic acids is 1. The van der Waals surface area contributed by atoms with Crippen molar-refractivity contribution in [3.63, 3.8) is 0 Å². The molecule has 0 fully saturated rings. The van der Waals surface area contributed by atoms with Crippen LogP contribution < -0.4 is 28.6 Å². The highest BCUT2D eigenvalue weighted by atomic mass is 35.5. The minimum Gasteiger partial charge on any atom is -0.497 e. The van der Waals surface area contributed by atoms with Crippen molar-refractivity contribution < 1.29 is 32.2 Å². The number of hydrogen-bond acceptors (Lipinski definition) is 7. The zero-order valence-electron chi connectivity index (χ0n) is 18.8. The van der Waals surface area contributed by atoms with Gasteiger partial charge in [-0.1, -0.05) is 11.6 Å². The number of methoxy groups -OCH3 is 4. The fraction of sp³-hybridized carbons (Fsp3) is 0.381. The molecule has 9 nitrogen and oxygen atoms in total. The molecule has 0 aliphatic carbocycles. The van der Waals surface area contributed by atoms with Gasteiger partial charge in [-0.05, 0) is 25.1 Å². The summed E-state index contributed by atoms with van der Waals surface area (Å²) in [6.07, 6.45) is 0.995. The smallest absolute Gasteiger partial charge is 0.241 e. The molecule has 0 radical (unpaired) electrons. The Morgan fingerprint density at radius 3 is 2.16 bits per heavy atom. The highest BCUT2D eigenvalue weighted by Crippen LogP contribution is 2.39. The van der Waals surface area contributed by atoms with Gasteiger partial charge in [0.25, 0.3) is 0 Å². The third kappa shape index (κ3) is 5.89. The Kier molecular flexibility index (Phi) is 8.45. The summed E-state index contributed by atoms with van der Waals surface area (Å²) >= 11 is 6.12. The maximum absolute atomic E-state index is 12.8. The van der Waals surface area contributed by atoms with Crippen molar-refractivity contribution in [1.82, 2.24) is 5.32 Å². The number of amides is 1. The molecular weight excluding hydrogens is 460 g/mol. The molecule has 0 aromatic heterocycles. The predicted molar refractivity (Wildman–Crippen MR) is 123 cm³/mol. The highest BCUT2D eigenvalue weighted by molar-refractivity contribution is 7.92. The fourth-order valence-electron chi connectivity index (χ4n) is 3.09. The van der Waals surface area contributed by atoms with Crippen LogP contribution in [-0.4, -0.2) is 55.6 Å². The van der Waals surface area contributed by atoms with Gasteiger partial charge in [-0.2, -0.15) is 0 Å². The number of nitrogens with one attached hydrogen (secondary N) is 1. The number of sulfonamides is 1. The standard InChI is InChI=1S/C21H27ClN2O7S/c1-13(15-9-14(28-2)7-8-18(15)29-3)23-21(25)12-24(32(6,26)27)17-11-19(30-4)16(22)10-20(17)31-5/h7-11,13H,12H2,1-6H3,(H,23,25)/t13-/m0/s1. The van der Waals surface area contributed by atoms with Gasteiger partial charge in [0.15, 0.2) is 0 Å². The Bertz CT molecular complexity index is 1080. The van der Waals surface area contributed by atoms with Gasteiger partial charge in [0.1, 0.15) is 29.5 Å². The van der Waals surface area contributed by atoms with Crippen LogP contribution in [0.3, 0.4) is 0 Å². The summed E-state index contributed by atoms with van der Waals surface area (Å²) in [5.74, 6) is 1.03. The van der Waals surface area contributed by atoms with E-state index in [1.54, 1.807) is 25.1 Å². The molecule has 0 aliphatic heterocycles. The molecule has 0 saturated heterocycles. The second kappa shape index (κ2) is 10.6. The first kappa shape index (κ1) is 25.4. The zero-order chi connectivity index (χ0) is 24.1. The number of carbonyl (C=O) groups is 1. The number of rotatable bonds is 10. The molecule has 0 heterocycles.